The monoisotopic (exact) mass is 230 g/mol. The molecule has 0 saturated carbocycles. The van der Waals surface area contributed by atoms with Crippen LogP contribution in [0.2, 0.25) is 5.02 Å². The minimum atomic E-state index is -0.230. The van der Waals surface area contributed by atoms with Crippen LogP contribution in [-0.2, 0) is 10.3 Å². The molecule has 1 nitrogen and oxygen atoms in total. The van der Waals surface area contributed by atoms with E-state index in [1.807, 2.05) is 42.5 Å². The summed E-state index contributed by atoms with van der Waals surface area (Å²) in [4.78, 5) is 0. The quantitative estimate of drug-likeness (QED) is 0.718. The number of halogens is 1. The van der Waals surface area contributed by atoms with E-state index in [9.17, 15) is 0 Å². The van der Waals surface area contributed by atoms with E-state index in [-0.39, 0.29) is 5.60 Å². The molecule has 2 aromatic rings. The van der Waals surface area contributed by atoms with Crippen LogP contribution in [0.25, 0.3) is 0 Å². The summed E-state index contributed by atoms with van der Waals surface area (Å²) in [6.07, 6.45) is 0. The largest absolute Gasteiger partial charge is 0.359 e. The third-order valence-corrected chi connectivity index (χ3v) is 3.24. The predicted molar refractivity (Wildman–Crippen MR) is 64.6 cm³/mol. The molecule has 0 aliphatic carbocycles. The Kier molecular flexibility index (Phi) is 2.23. The molecule has 1 saturated heterocycles. The van der Waals surface area contributed by atoms with Crippen molar-refractivity contribution in [1.29, 1.82) is 0 Å². The second-order valence-corrected chi connectivity index (χ2v) is 4.43. The van der Waals surface area contributed by atoms with Gasteiger partial charge in [-0.1, -0.05) is 54.1 Å². The SMILES string of the molecule is Clc1ccc(C2(c3ccccc3)CO2)cc1. The van der Waals surface area contributed by atoms with Gasteiger partial charge in [-0.05, 0) is 23.3 Å². The van der Waals surface area contributed by atoms with Crippen molar-refractivity contribution in [2.45, 2.75) is 5.60 Å². The van der Waals surface area contributed by atoms with E-state index in [0.717, 1.165) is 11.6 Å². The second-order valence-electron chi connectivity index (χ2n) is 3.99. The molecule has 0 radical (unpaired) electrons. The molecule has 0 amide bonds. The van der Waals surface area contributed by atoms with Crippen LogP contribution in [0, 0.1) is 0 Å². The molecule has 0 aromatic heterocycles. The maximum absolute atomic E-state index is 5.89. The van der Waals surface area contributed by atoms with Crippen LogP contribution in [0.1, 0.15) is 11.1 Å². The van der Waals surface area contributed by atoms with Crippen LogP contribution in [-0.4, -0.2) is 6.61 Å². The molecule has 1 unspecified atom stereocenters. The molecule has 16 heavy (non-hydrogen) atoms. The summed E-state index contributed by atoms with van der Waals surface area (Å²) in [7, 11) is 0. The van der Waals surface area contributed by atoms with E-state index in [2.05, 4.69) is 12.1 Å². The predicted octanol–water partition coefficient (Wildman–Crippen LogP) is 3.61. The minimum absolute atomic E-state index is 0.230. The third kappa shape index (κ3) is 1.53. The molecule has 2 aromatic carbocycles. The third-order valence-electron chi connectivity index (χ3n) is 2.98. The van der Waals surface area contributed by atoms with Gasteiger partial charge in [0.2, 0.25) is 0 Å². The molecule has 0 bridgehead atoms. The van der Waals surface area contributed by atoms with Crippen LogP contribution in [0.5, 0.6) is 0 Å². The molecule has 1 fully saturated rings. The number of hydrogen-bond acceptors (Lipinski definition) is 1. The summed E-state index contributed by atoms with van der Waals surface area (Å²) in [6.45, 7) is 0.749. The van der Waals surface area contributed by atoms with Gasteiger partial charge in [0, 0.05) is 5.02 Å². The molecule has 0 N–H and O–H groups in total. The van der Waals surface area contributed by atoms with E-state index in [1.54, 1.807) is 0 Å². The summed E-state index contributed by atoms with van der Waals surface area (Å²) in [6, 6.07) is 18.2. The van der Waals surface area contributed by atoms with Crippen LogP contribution in [0.15, 0.2) is 54.6 Å². The van der Waals surface area contributed by atoms with Gasteiger partial charge in [0.05, 0.1) is 6.61 Å². The Labute approximate surface area is 99.6 Å². The summed E-state index contributed by atoms with van der Waals surface area (Å²) in [5, 5.41) is 0.757. The highest BCUT2D eigenvalue weighted by atomic mass is 35.5. The molecule has 3 rings (SSSR count). The lowest BCUT2D eigenvalue weighted by Gasteiger charge is -2.12. The summed E-state index contributed by atoms with van der Waals surface area (Å²) in [5.41, 5.74) is 2.15. The molecule has 1 aliphatic rings. The maximum atomic E-state index is 5.89. The Morgan fingerprint density at radius 2 is 1.44 bits per heavy atom. The zero-order chi connectivity index (χ0) is 11.0. The van der Waals surface area contributed by atoms with Crippen LogP contribution in [0.4, 0.5) is 0 Å². The summed E-state index contributed by atoms with van der Waals surface area (Å²) in [5.74, 6) is 0. The van der Waals surface area contributed by atoms with E-state index in [0.29, 0.717) is 0 Å². The zero-order valence-corrected chi connectivity index (χ0v) is 9.45. The fourth-order valence-corrected chi connectivity index (χ4v) is 2.12. The fraction of sp³-hybridized carbons (Fsp3) is 0.143. The highest BCUT2D eigenvalue weighted by molar-refractivity contribution is 6.30. The van der Waals surface area contributed by atoms with Gasteiger partial charge in [-0.25, -0.2) is 0 Å². The summed E-state index contributed by atoms with van der Waals surface area (Å²) < 4.78 is 5.67. The van der Waals surface area contributed by atoms with E-state index >= 15 is 0 Å². The van der Waals surface area contributed by atoms with Crippen LogP contribution in [0.3, 0.4) is 0 Å². The Balaban J connectivity index is 2.03. The number of hydrogen-bond donors (Lipinski definition) is 0. The van der Waals surface area contributed by atoms with E-state index in [4.69, 9.17) is 16.3 Å². The molecular weight excluding hydrogens is 220 g/mol. The fourth-order valence-electron chi connectivity index (χ4n) is 2.00. The Morgan fingerprint density at radius 1 is 0.875 bits per heavy atom. The maximum Gasteiger partial charge on any atom is 0.142 e. The average Bonchev–Trinajstić information content (AvgIpc) is 3.13. The first-order valence-corrected chi connectivity index (χ1v) is 5.65. The standard InChI is InChI=1S/C14H11ClO/c15-13-8-6-12(7-9-13)14(10-16-14)11-4-2-1-3-5-11/h1-9H,10H2. The van der Waals surface area contributed by atoms with Gasteiger partial charge in [-0.2, -0.15) is 0 Å². The van der Waals surface area contributed by atoms with Crippen molar-refractivity contribution in [3.05, 3.63) is 70.7 Å². The smallest absolute Gasteiger partial charge is 0.142 e. The lowest BCUT2D eigenvalue weighted by Crippen LogP contribution is -2.10. The van der Waals surface area contributed by atoms with Crippen molar-refractivity contribution in [2.24, 2.45) is 0 Å². The van der Waals surface area contributed by atoms with Crippen molar-refractivity contribution >= 4 is 11.6 Å². The van der Waals surface area contributed by atoms with Crippen molar-refractivity contribution in [1.82, 2.24) is 0 Å². The molecule has 80 valence electrons. The van der Waals surface area contributed by atoms with Gasteiger partial charge in [-0.3, -0.25) is 0 Å². The first-order chi connectivity index (χ1) is 7.81. The lowest BCUT2D eigenvalue weighted by molar-refractivity contribution is 0.349. The van der Waals surface area contributed by atoms with Crippen molar-refractivity contribution in [3.63, 3.8) is 0 Å². The zero-order valence-electron chi connectivity index (χ0n) is 8.69. The van der Waals surface area contributed by atoms with Crippen LogP contribution < -0.4 is 0 Å². The number of benzene rings is 2. The topological polar surface area (TPSA) is 12.5 Å². The normalized spacial score (nSPS) is 23.1. The van der Waals surface area contributed by atoms with Crippen molar-refractivity contribution < 1.29 is 4.74 Å². The van der Waals surface area contributed by atoms with Gasteiger partial charge in [0.15, 0.2) is 0 Å². The molecular formula is C14H11ClO. The van der Waals surface area contributed by atoms with Gasteiger partial charge in [0.25, 0.3) is 0 Å². The average molecular weight is 231 g/mol. The van der Waals surface area contributed by atoms with Gasteiger partial charge in [0.1, 0.15) is 5.60 Å². The second kappa shape index (κ2) is 3.62. The molecule has 1 aliphatic heterocycles. The van der Waals surface area contributed by atoms with Gasteiger partial charge in [-0.15, -0.1) is 0 Å². The Bertz CT molecular complexity index is 486. The van der Waals surface area contributed by atoms with E-state index < -0.39 is 0 Å². The van der Waals surface area contributed by atoms with Gasteiger partial charge >= 0.3 is 0 Å². The molecule has 0 spiro atoms. The minimum Gasteiger partial charge on any atom is -0.359 e. The number of ether oxygens (including phenoxy) is 1. The Morgan fingerprint density at radius 3 is 2.00 bits per heavy atom. The highest BCUT2D eigenvalue weighted by Crippen LogP contribution is 2.44. The lowest BCUT2D eigenvalue weighted by atomic mass is 9.92. The molecule has 2 heteroatoms. The number of epoxide rings is 1. The van der Waals surface area contributed by atoms with Gasteiger partial charge < -0.3 is 4.74 Å². The first kappa shape index (κ1) is 9.88. The van der Waals surface area contributed by atoms with E-state index in [1.165, 1.54) is 11.1 Å². The van der Waals surface area contributed by atoms with Crippen molar-refractivity contribution in [2.75, 3.05) is 6.61 Å². The van der Waals surface area contributed by atoms with Crippen LogP contribution >= 0.6 is 11.6 Å². The molecule has 1 atom stereocenters. The first-order valence-electron chi connectivity index (χ1n) is 5.27. The molecule has 1 heterocycles. The highest BCUT2D eigenvalue weighted by Gasteiger charge is 2.47. The Hall–Kier alpha value is -1.31. The number of rotatable bonds is 2. The van der Waals surface area contributed by atoms with Crippen molar-refractivity contribution in [3.8, 4) is 0 Å². The summed E-state index contributed by atoms with van der Waals surface area (Å²) >= 11 is 5.89.